The first kappa shape index (κ1) is 10.6. The number of nitrogens with zero attached hydrogens (tertiary/aromatic N) is 1. The molecule has 2 N–H and O–H groups in total. The Balaban J connectivity index is 1.93. The Kier molecular flexibility index (Phi) is 3.03. The van der Waals surface area contributed by atoms with Crippen LogP contribution in [-0.2, 0) is 14.8 Å². The summed E-state index contributed by atoms with van der Waals surface area (Å²) in [5, 5.41) is 6.07. The van der Waals surface area contributed by atoms with E-state index in [2.05, 4.69) is 14.9 Å². The third-order valence-electron chi connectivity index (χ3n) is 2.37. The average Bonchev–Trinajstić information content (AvgIpc) is 2.88. The quantitative estimate of drug-likeness (QED) is 0.746. The summed E-state index contributed by atoms with van der Waals surface area (Å²) in [6, 6.07) is 0. The van der Waals surface area contributed by atoms with Gasteiger partial charge < -0.3 is 4.74 Å². The second kappa shape index (κ2) is 4.30. The van der Waals surface area contributed by atoms with Gasteiger partial charge in [0.15, 0.2) is 0 Å². The standard InChI is InChI=1S/C8H13N3O3S/c12-15(13,8-4-9-10-5-8)11-3-7-1-2-14-6-7/h4-5,7,11H,1-3,6H2,(H,9,10). The second-order valence-electron chi connectivity index (χ2n) is 3.52. The molecule has 1 aromatic heterocycles. The molecule has 1 aromatic rings. The molecular weight excluding hydrogens is 218 g/mol. The van der Waals surface area contributed by atoms with Gasteiger partial charge in [-0.1, -0.05) is 0 Å². The molecule has 7 heteroatoms. The third-order valence-corrected chi connectivity index (χ3v) is 3.76. The third kappa shape index (κ3) is 2.55. The van der Waals surface area contributed by atoms with Crippen LogP contribution in [0.2, 0.25) is 0 Å². The summed E-state index contributed by atoms with van der Waals surface area (Å²) in [5.41, 5.74) is 0. The molecule has 2 heterocycles. The molecule has 0 bridgehead atoms. The van der Waals surface area contributed by atoms with Gasteiger partial charge in [0, 0.05) is 19.3 Å². The molecule has 2 rings (SSSR count). The largest absolute Gasteiger partial charge is 0.381 e. The van der Waals surface area contributed by atoms with E-state index in [1.165, 1.54) is 12.4 Å². The van der Waals surface area contributed by atoms with E-state index < -0.39 is 10.0 Å². The maximum atomic E-state index is 11.6. The van der Waals surface area contributed by atoms with Crippen molar-refractivity contribution in [3.63, 3.8) is 0 Å². The van der Waals surface area contributed by atoms with Crippen molar-refractivity contribution in [3.8, 4) is 0 Å². The Morgan fingerprint density at radius 1 is 1.67 bits per heavy atom. The number of aromatic amines is 1. The van der Waals surface area contributed by atoms with Gasteiger partial charge in [0.05, 0.1) is 12.8 Å². The lowest BCUT2D eigenvalue weighted by Crippen LogP contribution is -2.29. The Bertz CT molecular complexity index is 395. The van der Waals surface area contributed by atoms with Gasteiger partial charge in [-0.2, -0.15) is 5.10 Å². The first-order chi connectivity index (χ1) is 7.18. The van der Waals surface area contributed by atoms with Gasteiger partial charge in [0.25, 0.3) is 0 Å². The van der Waals surface area contributed by atoms with Crippen molar-refractivity contribution < 1.29 is 13.2 Å². The lowest BCUT2D eigenvalue weighted by Gasteiger charge is -2.08. The number of H-pyrrole nitrogens is 1. The highest BCUT2D eigenvalue weighted by atomic mass is 32.2. The number of hydrogen-bond donors (Lipinski definition) is 2. The van der Waals surface area contributed by atoms with Gasteiger partial charge in [-0.15, -0.1) is 0 Å². The molecule has 0 saturated carbocycles. The van der Waals surface area contributed by atoms with Gasteiger partial charge in [-0.25, -0.2) is 13.1 Å². The molecule has 84 valence electrons. The predicted octanol–water partition coefficient (Wildman–Crippen LogP) is -0.276. The van der Waals surface area contributed by atoms with E-state index in [9.17, 15) is 8.42 Å². The van der Waals surface area contributed by atoms with Gasteiger partial charge in [0.2, 0.25) is 10.0 Å². The molecule has 1 unspecified atom stereocenters. The summed E-state index contributed by atoms with van der Waals surface area (Å²) in [5.74, 6) is 0.284. The summed E-state index contributed by atoms with van der Waals surface area (Å²) < 4.78 is 31.0. The van der Waals surface area contributed by atoms with E-state index in [1.807, 2.05) is 0 Å². The van der Waals surface area contributed by atoms with Crippen molar-refractivity contribution >= 4 is 10.0 Å². The van der Waals surface area contributed by atoms with Gasteiger partial charge in [0.1, 0.15) is 4.90 Å². The molecule has 0 aromatic carbocycles. The van der Waals surface area contributed by atoms with E-state index in [0.717, 1.165) is 13.0 Å². The van der Waals surface area contributed by atoms with Crippen molar-refractivity contribution in [1.82, 2.24) is 14.9 Å². The Morgan fingerprint density at radius 2 is 2.53 bits per heavy atom. The summed E-state index contributed by atoms with van der Waals surface area (Å²) in [6.07, 6.45) is 3.55. The molecule has 1 atom stereocenters. The van der Waals surface area contributed by atoms with Crippen LogP contribution in [0, 0.1) is 5.92 Å². The first-order valence-electron chi connectivity index (χ1n) is 4.75. The molecule has 1 saturated heterocycles. The number of rotatable bonds is 4. The molecule has 0 spiro atoms. The lowest BCUT2D eigenvalue weighted by molar-refractivity contribution is 0.186. The Labute approximate surface area is 88.1 Å². The number of ether oxygens (including phenoxy) is 1. The van der Waals surface area contributed by atoms with Gasteiger partial charge in [-0.05, 0) is 12.3 Å². The van der Waals surface area contributed by atoms with Crippen LogP contribution < -0.4 is 4.72 Å². The van der Waals surface area contributed by atoms with Crippen molar-refractivity contribution in [1.29, 1.82) is 0 Å². The van der Waals surface area contributed by atoms with Crippen LogP contribution >= 0.6 is 0 Å². The van der Waals surface area contributed by atoms with Crippen LogP contribution in [0.3, 0.4) is 0 Å². The Morgan fingerprint density at radius 3 is 3.13 bits per heavy atom. The van der Waals surface area contributed by atoms with Crippen molar-refractivity contribution in [3.05, 3.63) is 12.4 Å². The van der Waals surface area contributed by atoms with Crippen molar-refractivity contribution in [2.75, 3.05) is 19.8 Å². The number of hydrogen-bond acceptors (Lipinski definition) is 4. The van der Waals surface area contributed by atoms with Crippen molar-refractivity contribution in [2.45, 2.75) is 11.3 Å². The van der Waals surface area contributed by atoms with Gasteiger partial charge in [-0.3, -0.25) is 5.10 Å². The molecular formula is C8H13N3O3S. The summed E-state index contributed by atoms with van der Waals surface area (Å²) in [4.78, 5) is 0.168. The fourth-order valence-electron chi connectivity index (χ4n) is 1.44. The molecule has 0 amide bonds. The van der Waals surface area contributed by atoms with Gasteiger partial charge >= 0.3 is 0 Å². The summed E-state index contributed by atoms with van der Waals surface area (Å²) in [6.45, 7) is 1.78. The van der Waals surface area contributed by atoms with E-state index in [-0.39, 0.29) is 10.8 Å². The average molecular weight is 231 g/mol. The SMILES string of the molecule is O=S(=O)(NCC1CCOC1)c1cn[nH]c1. The highest BCUT2D eigenvalue weighted by molar-refractivity contribution is 7.89. The Hall–Kier alpha value is -0.920. The molecule has 6 nitrogen and oxygen atoms in total. The lowest BCUT2D eigenvalue weighted by atomic mass is 10.1. The molecule has 0 aliphatic carbocycles. The minimum absolute atomic E-state index is 0.168. The second-order valence-corrected chi connectivity index (χ2v) is 5.28. The van der Waals surface area contributed by atoms with Crippen molar-refractivity contribution in [2.24, 2.45) is 5.92 Å². The first-order valence-corrected chi connectivity index (χ1v) is 6.23. The monoisotopic (exact) mass is 231 g/mol. The highest BCUT2D eigenvalue weighted by Gasteiger charge is 2.20. The molecule has 1 aliphatic heterocycles. The van der Waals surface area contributed by atoms with Crippen LogP contribution in [0.1, 0.15) is 6.42 Å². The summed E-state index contributed by atoms with van der Waals surface area (Å²) >= 11 is 0. The zero-order valence-electron chi connectivity index (χ0n) is 8.14. The maximum absolute atomic E-state index is 11.6. The zero-order chi connectivity index (χ0) is 10.7. The minimum Gasteiger partial charge on any atom is -0.381 e. The van der Waals surface area contributed by atoms with E-state index in [0.29, 0.717) is 13.2 Å². The fourth-order valence-corrected chi connectivity index (χ4v) is 2.46. The smallest absolute Gasteiger partial charge is 0.243 e. The predicted molar refractivity (Wildman–Crippen MR) is 52.7 cm³/mol. The molecule has 0 radical (unpaired) electrons. The van der Waals surface area contributed by atoms with Crippen LogP contribution in [0.25, 0.3) is 0 Å². The van der Waals surface area contributed by atoms with E-state index in [4.69, 9.17) is 4.74 Å². The normalized spacial score (nSPS) is 22.0. The highest BCUT2D eigenvalue weighted by Crippen LogP contribution is 2.12. The number of aromatic nitrogens is 2. The topological polar surface area (TPSA) is 84.1 Å². The van der Waals surface area contributed by atoms with Crippen LogP contribution in [-0.4, -0.2) is 38.4 Å². The minimum atomic E-state index is -3.40. The number of nitrogens with one attached hydrogen (secondary N) is 2. The van der Waals surface area contributed by atoms with E-state index in [1.54, 1.807) is 0 Å². The van der Waals surface area contributed by atoms with Crippen LogP contribution in [0.5, 0.6) is 0 Å². The molecule has 1 aliphatic rings. The van der Waals surface area contributed by atoms with Crippen LogP contribution in [0.4, 0.5) is 0 Å². The maximum Gasteiger partial charge on any atom is 0.243 e. The van der Waals surface area contributed by atoms with E-state index >= 15 is 0 Å². The summed E-state index contributed by atoms with van der Waals surface area (Å²) in [7, 11) is -3.40. The zero-order valence-corrected chi connectivity index (χ0v) is 8.96. The van der Waals surface area contributed by atoms with Crippen LogP contribution in [0.15, 0.2) is 17.3 Å². The fraction of sp³-hybridized carbons (Fsp3) is 0.625. The number of sulfonamides is 1. The molecule has 15 heavy (non-hydrogen) atoms. The molecule has 1 fully saturated rings.